The van der Waals surface area contributed by atoms with Gasteiger partial charge in [-0.2, -0.15) is 0 Å². The maximum absolute atomic E-state index is 13.1. The van der Waals surface area contributed by atoms with E-state index in [-0.39, 0.29) is 25.7 Å². The summed E-state index contributed by atoms with van der Waals surface area (Å²) in [4.78, 5) is 73.0. The molecule has 0 aromatic rings. The first-order chi connectivity index (χ1) is 47.9. The van der Waals surface area contributed by atoms with Gasteiger partial charge in [0.2, 0.25) is 0 Å². The largest absolute Gasteiger partial charge is 0.472 e. The zero-order valence-electron chi connectivity index (χ0n) is 64.8. The Hall–Kier alpha value is -1.94. The van der Waals surface area contributed by atoms with Gasteiger partial charge in [-0.3, -0.25) is 37.3 Å². The molecule has 99 heavy (non-hydrogen) atoms. The Balaban J connectivity index is 5.25. The Morgan fingerprint density at radius 3 is 0.717 bits per heavy atom. The van der Waals surface area contributed by atoms with Crippen LogP contribution in [0.1, 0.15) is 420 Å². The van der Waals surface area contributed by atoms with Crippen molar-refractivity contribution >= 4 is 39.5 Å². The summed E-state index contributed by atoms with van der Waals surface area (Å²) in [7, 11) is -9.92. The quantitative estimate of drug-likeness (QED) is 0.0222. The molecule has 17 nitrogen and oxygen atoms in total. The number of phosphoric acid groups is 2. The number of unbranched alkanes of at least 4 members (excludes halogenated alkanes) is 47. The van der Waals surface area contributed by atoms with Crippen LogP contribution in [0.5, 0.6) is 0 Å². The highest BCUT2D eigenvalue weighted by Crippen LogP contribution is 2.45. The third-order valence-corrected chi connectivity index (χ3v) is 21.3. The molecular formula is C80H156O17P2. The molecule has 0 aromatic carbocycles. The van der Waals surface area contributed by atoms with E-state index in [0.29, 0.717) is 25.7 Å². The Morgan fingerprint density at radius 1 is 0.283 bits per heavy atom. The van der Waals surface area contributed by atoms with E-state index in [1.807, 2.05) is 0 Å². The standard InChI is InChI=1S/C80H156O17P2/c1-7-11-13-15-17-19-21-23-24-25-26-27-28-29-31-33-39-47-53-59-65-80(85)96-75(68-90-77(82)62-56-50-44-37-35-34-36-42-48-54-60-72(5)9-3)70-94-98(86,87)92-66-74(81)67-93-99(88,89)95-71-76(69-91-78(83)63-57-51-45-41-40-43-49-55-61-73(6)10-4)97-79(84)64-58-52-46-38-32-30-22-20-18-16-14-12-8-2/h72-76,81H,7-71H2,1-6H3,(H,86,87)(H,88,89)/t72?,73?,74-,75-,76-/m1/s1. The maximum Gasteiger partial charge on any atom is 0.472 e. The number of phosphoric ester groups is 2. The number of aliphatic hydroxyl groups is 1. The number of rotatable bonds is 79. The van der Waals surface area contributed by atoms with Crippen LogP contribution in [0.15, 0.2) is 0 Å². The van der Waals surface area contributed by atoms with Crippen molar-refractivity contribution in [3.63, 3.8) is 0 Å². The van der Waals surface area contributed by atoms with Crippen LogP contribution >= 0.6 is 15.6 Å². The smallest absolute Gasteiger partial charge is 0.462 e. The van der Waals surface area contributed by atoms with Crippen LogP contribution in [-0.2, 0) is 65.4 Å². The van der Waals surface area contributed by atoms with Crippen molar-refractivity contribution in [2.45, 2.75) is 439 Å². The summed E-state index contributed by atoms with van der Waals surface area (Å²) < 4.78 is 68.7. The molecule has 0 saturated carbocycles. The van der Waals surface area contributed by atoms with Crippen LogP contribution in [0.2, 0.25) is 0 Å². The van der Waals surface area contributed by atoms with Gasteiger partial charge < -0.3 is 33.8 Å². The number of hydrogen-bond acceptors (Lipinski definition) is 15. The van der Waals surface area contributed by atoms with Gasteiger partial charge in [0.1, 0.15) is 19.3 Å². The molecule has 4 unspecified atom stereocenters. The molecule has 0 bridgehead atoms. The van der Waals surface area contributed by atoms with Crippen molar-refractivity contribution in [3.05, 3.63) is 0 Å². The van der Waals surface area contributed by atoms with E-state index in [9.17, 15) is 43.2 Å². The van der Waals surface area contributed by atoms with Crippen molar-refractivity contribution in [3.8, 4) is 0 Å². The first-order valence-electron chi connectivity index (χ1n) is 41.6. The van der Waals surface area contributed by atoms with Crippen molar-refractivity contribution in [1.29, 1.82) is 0 Å². The second kappa shape index (κ2) is 71.7. The first kappa shape index (κ1) is 97.1. The molecule has 0 aliphatic rings. The zero-order valence-corrected chi connectivity index (χ0v) is 66.6. The SMILES string of the molecule is CCCCCCCCCCCCCCCCCCCCCCC(=O)O[C@H](COC(=O)CCCCCCCCCCCCC(C)CC)COP(=O)(O)OC[C@@H](O)COP(=O)(O)OC[C@@H](COC(=O)CCCCCCCCCCC(C)CC)OC(=O)CCCCCCCCCCCCCCC. The van der Waals surface area contributed by atoms with Gasteiger partial charge in [-0.15, -0.1) is 0 Å². The van der Waals surface area contributed by atoms with Gasteiger partial charge in [0, 0.05) is 25.7 Å². The van der Waals surface area contributed by atoms with Crippen LogP contribution in [0, 0.1) is 11.8 Å². The molecule has 7 atom stereocenters. The van der Waals surface area contributed by atoms with E-state index in [0.717, 1.165) is 102 Å². The molecule has 0 heterocycles. The van der Waals surface area contributed by atoms with Crippen molar-refractivity contribution in [2.24, 2.45) is 11.8 Å². The van der Waals surface area contributed by atoms with E-state index < -0.39 is 97.5 Å². The summed E-state index contributed by atoms with van der Waals surface area (Å²) in [5, 5.41) is 10.6. The Morgan fingerprint density at radius 2 is 0.485 bits per heavy atom. The minimum absolute atomic E-state index is 0.107. The predicted molar refractivity (Wildman–Crippen MR) is 405 cm³/mol. The molecule has 588 valence electrons. The van der Waals surface area contributed by atoms with Gasteiger partial charge in [-0.1, -0.05) is 369 Å². The molecule has 0 amide bonds. The lowest BCUT2D eigenvalue weighted by Crippen LogP contribution is -2.30. The molecule has 0 radical (unpaired) electrons. The van der Waals surface area contributed by atoms with Gasteiger partial charge in [-0.05, 0) is 37.5 Å². The zero-order chi connectivity index (χ0) is 72.8. The number of carbonyl (C=O) groups excluding carboxylic acids is 4. The van der Waals surface area contributed by atoms with E-state index >= 15 is 0 Å². The molecular weight excluding hydrogens is 1290 g/mol. The lowest BCUT2D eigenvalue weighted by atomic mass is 9.99. The Kier molecular flexibility index (Phi) is 70.3. The fourth-order valence-electron chi connectivity index (χ4n) is 12.3. The van der Waals surface area contributed by atoms with Crippen molar-refractivity contribution < 1.29 is 80.2 Å². The minimum Gasteiger partial charge on any atom is -0.462 e. The number of ether oxygens (including phenoxy) is 4. The highest BCUT2D eigenvalue weighted by molar-refractivity contribution is 7.47. The van der Waals surface area contributed by atoms with Crippen LogP contribution < -0.4 is 0 Å². The fourth-order valence-corrected chi connectivity index (χ4v) is 13.9. The third-order valence-electron chi connectivity index (χ3n) is 19.4. The summed E-state index contributed by atoms with van der Waals surface area (Å²) >= 11 is 0. The summed E-state index contributed by atoms with van der Waals surface area (Å²) in [5.41, 5.74) is 0. The number of esters is 4. The predicted octanol–water partition coefficient (Wildman–Crippen LogP) is 23.9. The van der Waals surface area contributed by atoms with Crippen molar-refractivity contribution in [1.82, 2.24) is 0 Å². The van der Waals surface area contributed by atoms with E-state index in [4.69, 9.17) is 37.0 Å². The topological polar surface area (TPSA) is 237 Å². The molecule has 0 saturated heterocycles. The summed E-state index contributed by atoms with van der Waals surface area (Å²) in [6.45, 7) is 9.66. The summed E-state index contributed by atoms with van der Waals surface area (Å²) in [5.74, 6) is -0.522. The van der Waals surface area contributed by atoms with Crippen LogP contribution in [0.3, 0.4) is 0 Å². The van der Waals surface area contributed by atoms with Gasteiger partial charge >= 0.3 is 39.5 Å². The number of hydrogen-bond donors (Lipinski definition) is 3. The first-order valence-corrected chi connectivity index (χ1v) is 44.6. The molecule has 0 spiro atoms. The summed E-state index contributed by atoms with van der Waals surface area (Å²) in [6.07, 6.45) is 60.9. The van der Waals surface area contributed by atoms with Crippen LogP contribution in [0.25, 0.3) is 0 Å². The van der Waals surface area contributed by atoms with E-state index in [1.165, 1.54) is 238 Å². The Bertz CT molecular complexity index is 1910. The van der Waals surface area contributed by atoms with E-state index in [2.05, 4.69) is 41.5 Å². The van der Waals surface area contributed by atoms with Gasteiger partial charge in [0.15, 0.2) is 12.2 Å². The average Bonchev–Trinajstić information content (AvgIpc) is 1.10. The Labute approximate surface area is 607 Å². The normalized spacial score (nSPS) is 14.5. The van der Waals surface area contributed by atoms with E-state index in [1.54, 1.807) is 0 Å². The highest BCUT2D eigenvalue weighted by Gasteiger charge is 2.30. The van der Waals surface area contributed by atoms with Crippen LogP contribution in [0.4, 0.5) is 0 Å². The van der Waals surface area contributed by atoms with Gasteiger partial charge in [-0.25, -0.2) is 9.13 Å². The number of carbonyl (C=O) groups is 4. The second-order valence-electron chi connectivity index (χ2n) is 29.3. The molecule has 0 aliphatic heterocycles. The lowest BCUT2D eigenvalue weighted by Gasteiger charge is -2.21. The average molecular weight is 1450 g/mol. The molecule has 19 heteroatoms. The molecule has 0 aliphatic carbocycles. The number of aliphatic hydroxyl groups excluding tert-OH is 1. The van der Waals surface area contributed by atoms with Crippen LogP contribution in [-0.4, -0.2) is 96.7 Å². The van der Waals surface area contributed by atoms with Crippen molar-refractivity contribution in [2.75, 3.05) is 39.6 Å². The summed E-state index contributed by atoms with van der Waals surface area (Å²) in [6, 6.07) is 0. The monoisotopic (exact) mass is 1450 g/mol. The fraction of sp³-hybridized carbons (Fsp3) is 0.950. The molecule has 0 aromatic heterocycles. The molecule has 0 fully saturated rings. The molecule has 3 N–H and O–H groups in total. The van der Waals surface area contributed by atoms with Gasteiger partial charge in [0.05, 0.1) is 26.4 Å². The molecule has 0 rings (SSSR count). The maximum atomic E-state index is 13.1. The minimum atomic E-state index is -4.96. The second-order valence-corrected chi connectivity index (χ2v) is 32.2. The highest BCUT2D eigenvalue weighted by atomic mass is 31.2. The third kappa shape index (κ3) is 71.5. The lowest BCUT2D eigenvalue weighted by molar-refractivity contribution is -0.161. The van der Waals surface area contributed by atoms with Gasteiger partial charge in [0.25, 0.3) is 0 Å².